The number of esters is 1. The number of hydrogen-bond donors (Lipinski definition) is 1. The first-order valence-corrected chi connectivity index (χ1v) is 11.9. The maximum absolute atomic E-state index is 12.6. The average molecular weight is 435 g/mol. The number of hydrogen-bond acceptors (Lipinski definition) is 7. The molecule has 2 aliphatic carbocycles. The molecule has 7 nitrogen and oxygen atoms in total. The standard InChI is InChI=1S/C20H26N4O3S2/c1-4-27-19(26)16-13-8-5-11(2)9-14(13)29-18(16)21-15(25)10-28-20-23-22-17(24(20)3)12-6-7-12/h11-12H,4-10H2,1-3H3,(H,21,25). The summed E-state index contributed by atoms with van der Waals surface area (Å²) >= 11 is 2.88. The van der Waals surface area contributed by atoms with Gasteiger partial charge in [0.15, 0.2) is 5.16 Å². The van der Waals surface area contributed by atoms with Gasteiger partial charge >= 0.3 is 5.97 Å². The second kappa shape index (κ2) is 8.47. The molecule has 156 valence electrons. The van der Waals surface area contributed by atoms with Crippen molar-refractivity contribution in [3.8, 4) is 0 Å². The summed E-state index contributed by atoms with van der Waals surface area (Å²) in [5.74, 6) is 1.83. The second-order valence-electron chi connectivity index (χ2n) is 7.79. The van der Waals surface area contributed by atoms with E-state index in [2.05, 4.69) is 22.4 Å². The number of anilines is 1. The van der Waals surface area contributed by atoms with Crippen LogP contribution in [0.5, 0.6) is 0 Å². The molecule has 1 fully saturated rings. The smallest absolute Gasteiger partial charge is 0.341 e. The van der Waals surface area contributed by atoms with E-state index in [0.717, 1.165) is 48.6 Å². The Bertz CT molecular complexity index is 933. The fourth-order valence-electron chi connectivity index (χ4n) is 3.70. The van der Waals surface area contributed by atoms with E-state index in [1.807, 2.05) is 11.6 Å². The molecule has 2 heterocycles. The molecule has 2 aliphatic rings. The number of thiophene rings is 1. The summed E-state index contributed by atoms with van der Waals surface area (Å²) in [4.78, 5) is 26.4. The molecule has 0 aliphatic heterocycles. The van der Waals surface area contributed by atoms with Crippen molar-refractivity contribution in [1.82, 2.24) is 14.8 Å². The van der Waals surface area contributed by atoms with Crippen molar-refractivity contribution in [3.05, 3.63) is 21.8 Å². The number of nitrogens with one attached hydrogen (secondary N) is 1. The monoisotopic (exact) mass is 434 g/mol. The van der Waals surface area contributed by atoms with Crippen LogP contribution in [0.2, 0.25) is 0 Å². The molecule has 1 atom stereocenters. The van der Waals surface area contributed by atoms with Crippen LogP contribution in [-0.4, -0.2) is 39.0 Å². The number of carbonyl (C=O) groups excluding carboxylic acids is 2. The Morgan fingerprint density at radius 1 is 1.31 bits per heavy atom. The molecule has 1 saturated carbocycles. The van der Waals surface area contributed by atoms with Crippen molar-refractivity contribution >= 4 is 40.0 Å². The fourth-order valence-corrected chi connectivity index (χ4v) is 5.83. The van der Waals surface area contributed by atoms with Gasteiger partial charge in [0.2, 0.25) is 5.91 Å². The summed E-state index contributed by atoms with van der Waals surface area (Å²) in [5, 5.41) is 12.8. The van der Waals surface area contributed by atoms with Crippen LogP contribution in [0.3, 0.4) is 0 Å². The molecule has 9 heteroatoms. The predicted octanol–water partition coefficient (Wildman–Crippen LogP) is 3.79. The number of fused-ring (bicyclic) bond motifs is 1. The third-order valence-corrected chi connectivity index (χ3v) is 7.58. The van der Waals surface area contributed by atoms with Gasteiger partial charge in [-0.05, 0) is 50.5 Å². The Kier molecular flexibility index (Phi) is 5.96. The highest BCUT2D eigenvalue weighted by molar-refractivity contribution is 7.99. The summed E-state index contributed by atoms with van der Waals surface area (Å²) in [6, 6.07) is 0. The lowest BCUT2D eigenvalue weighted by atomic mass is 9.88. The normalized spacial score (nSPS) is 18.4. The van der Waals surface area contributed by atoms with E-state index in [1.165, 1.54) is 28.0 Å². The first-order valence-electron chi connectivity index (χ1n) is 10.1. The molecule has 0 saturated heterocycles. The Morgan fingerprint density at radius 2 is 2.10 bits per heavy atom. The lowest BCUT2D eigenvalue weighted by molar-refractivity contribution is -0.113. The van der Waals surface area contributed by atoms with E-state index >= 15 is 0 Å². The minimum Gasteiger partial charge on any atom is -0.462 e. The molecule has 2 aromatic rings. The van der Waals surface area contributed by atoms with Gasteiger partial charge in [0.1, 0.15) is 10.8 Å². The quantitative estimate of drug-likeness (QED) is 0.527. The highest BCUT2D eigenvalue weighted by Crippen LogP contribution is 2.41. The summed E-state index contributed by atoms with van der Waals surface area (Å²) in [6.45, 7) is 4.33. The van der Waals surface area contributed by atoms with Crippen molar-refractivity contribution in [2.45, 2.75) is 57.0 Å². The third kappa shape index (κ3) is 4.35. The lowest BCUT2D eigenvalue weighted by Gasteiger charge is -2.18. The molecule has 1 N–H and O–H groups in total. The zero-order valence-corrected chi connectivity index (χ0v) is 18.6. The van der Waals surface area contributed by atoms with E-state index in [-0.39, 0.29) is 17.6 Å². The summed E-state index contributed by atoms with van der Waals surface area (Å²) < 4.78 is 7.24. The minimum atomic E-state index is -0.343. The van der Waals surface area contributed by atoms with Gasteiger partial charge in [-0.3, -0.25) is 4.79 Å². The summed E-state index contributed by atoms with van der Waals surface area (Å²) in [6.07, 6.45) is 5.17. The Balaban J connectivity index is 1.46. The van der Waals surface area contributed by atoms with Crippen molar-refractivity contribution in [2.24, 2.45) is 13.0 Å². The number of carbonyl (C=O) groups is 2. The number of aromatic nitrogens is 3. The molecule has 4 rings (SSSR count). The van der Waals surface area contributed by atoms with Crippen LogP contribution in [0.15, 0.2) is 5.16 Å². The van der Waals surface area contributed by atoms with Crippen molar-refractivity contribution in [1.29, 1.82) is 0 Å². The third-order valence-electron chi connectivity index (χ3n) is 5.39. The van der Waals surface area contributed by atoms with Gasteiger partial charge in [-0.2, -0.15) is 0 Å². The first kappa shape index (κ1) is 20.4. The maximum Gasteiger partial charge on any atom is 0.341 e. The number of rotatable bonds is 7. The molecule has 0 aromatic carbocycles. The van der Waals surface area contributed by atoms with Crippen molar-refractivity contribution in [2.75, 3.05) is 17.7 Å². The number of thioether (sulfide) groups is 1. The van der Waals surface area contributed by atoms with Crippen LogP contribution in [0.25, 0.3) is 0 Å². The van der Waals surface area contributed by atoms with Crippen molar-refractivity contribution < 1.29 is 14.3 Å². The van der Waals surface area contributed by atoms with Gasteiger partial charge in [-0.15, -0.1) is 21.5 Å². The van der Waals surface area contributed by atoms with Crippen LogP contribution in [0.4, 0.5) is 5.00 Å². The Morgan fingerprint density at radius 3 is 2.83 bits per heavy atom. The Labute approximate surface area is 178 Å². The molecule has 0 bridgehead atoms. The number of ether oxygens (including phenoxy) is 1. The molecule has 1 amide bonds. The highest BCUT2D eigenvalue weighted by Gasteiger charge is 2.30. The van der Waals surface area contributed by atoms with Gasteiger partial charge in [-0.25, -0.2) is 4.79 Å². The van der Waals surface area contributed by atoms with Crippen LogP contribution < -0.4 is 5.32 Å². The predicted molar refractivity (Wildman–Crippen MR) is 114 cm³/mol. The van der Waals surface area contributed by atoms with Gasteiger partial charge < -0.3 is 14.6 Å². The number of nitrogens with zero attached hydrogens (tertiary/aromatic N) is 3. The first-order chi connectivity index (χ1) is 14.0. The molecular weight excluding hydrogens is 408 g/mol. The zero-order valence-electron chi connectivity index (χ0n) is 17.0. The summed E-state index contributed by atoms with van der Waals surface area (Å²) in [7, 11) is 1.95. The topological polar surface area (TPSA) is 86.1 Å². The van der Waals surface area contributed by atoms with Gasteiger partial charge in [0.05, 0.1) is 17.9 Å². The van der Waals surface area contributed by atoms with E-state index in [0.29, 0.717) is 29.0 Å². The van der Waals surface area contributed by atoms with E-state index in [4.69, 9.17) is 4.74 Å². The Hall–Kier alpha value is -1.87. The fraction of sp³-hybridized carbons (Fsp3) is 0.600. The average Bonchev–Trinajstić information content (AvgIpc) is 3.36. The van der Waals surface area contributed by atoms with Crippen molar-refractivity contribution in [3.63, 3.8) is 0 Å². The van der Waals surface area contributed by atoms with E-state index in [1.54, 1.807) is 6.92 Å². The molecule has 0 radical (unpaired) electrons. The van der Waals surface area contributed by atoms with Crippen LogP contribution in [-0.2, 0) is 29.4 Å². The molecular formula is C20H26N4O3S2. The molecule has 0 spiro atoms. The molecule has 29 heavy (non-hydrogen) atoms. The SMILES string of the molecule is CCOC(=O)c1c(NC(=O)CSc2nnc(C3CC3)n2C)sc2c1CCC(C)C2. The molecule has 1 unspecified atom stereocenters. The zero-order chi connectivity index (χ0) is 20.5. The lowest BCUT2D eigenvalue weighted by Crippen LogP contribution is -2.18. The van der Waals surface area contributed by atoms with Crippen LogP contribution >= 0.6 is 23.1 Å². The summed E-state index contributed by atoms with van der Waals surface area (Å²) in [5.41, 5.74) is 1.60. The van der Waals surface area contributed by atoms with Gasteiger partial charge in [0, 0.05) is 17.8 Å². The maximum atomic E-state index is 12.6. The van der Waals surface area contributed by atoms with E-state index in [9.17, 15) is 9.59 Å². The van der Waals surface area contributed by atoms with Crippen LogP contribution in [0.1, 0.15) is 65.7 Å². The van der Waals surface area contributed by atoms with Gasteiger partial charge in [0.25, 0.3) is 0 Å². The molecule has 2 aromatic heterocycles. The van der Waals surface area contributed by atoms with E-state index < -0.39 is 0 Å². The van der Waals surface area contributed by atoms with Crippen LogP contribution in [0, 0.1) is 5.92 Å². The second-order valence-corrected chi connectivity index (χ2v) is 9.83. The minimum absolute atomic E-state index is 0.150. The van der Waals surface area contributed by atoms with Gasteiger partial charge in [-0.1, -0.05) is 18.7 Å². The highest BCUT2D eigenvalue weighted by atomic mass is 32.2. The largest absolute Gasteiger partial charge is 0.462 e. The number of amides is 1.